The third-order valence-corrected chi connectivity index (χ3v) is 3.95. The molecule has 0 atom stereocenters. The van der Waals surface area contributed by atoms with Crippen LogP contribution in [-0.4, -0.2) is 24.2 Å². The van der Waals surface area contributed by atoms with Crippen molar-refractivity contribution in [3.63, 3.8) is 0 Å². The van der Waals surface area contributed by atoms with Gasteiger partial charge in [-0.1, -0.05) is 18.2 Å². The van der Waals surface area contributed by atoms with Gasteiger partial charge in [-0.15, -0.1) is 0 Å². The number of aliphatic hydroxyl groups is 1. The van der Waals surface area contributed by atoms with Crippen LogP contribution in [0.4, 0.5) is 11.4 Å². The highest BCUT2D eigenvalue weighted by Gasteiger charge is 2.17. The van der Waals surface area contributed by atoms with Gasteiger partial charge in [-0.2, -0.15) is 0 Å². The Bertz CT molecular complexity index is 665. The van der Waals surface area contributed by atoms with Gasteiger partial charge in [0.25, 0.3) is 5.91 Å². The fraction of sp³-hybridized carbons (Fsp3) is 0.278. The van der Waals surface area contributed by atoms with Crippen molar-refractivity contribution in [3.05, 3.63) is 59.2 Å². The van der Waals surface area contributed by atoms with Crippen LogP contribution in [0.3, 0.4) is 0 Å². The molecule has 3 rings (SSSR count). The molecule has 1 heterocycles. The second-order valence-corrected chi connectivity index (χ2v) is 5.49. The summed E-state index contributed by atoms with van der Waals surface area (Å²) in [5, 5.41) is 15.2. The maximum Gasteiger partial charge on any atom is 0.256 e. The van der Waals surface area contributed by atoms with Gasteiger partial charge < -0.3 is 15.7 Å². The van der Waals surface area contributed by atoms with Gasteiger partial charge in [0.2, 0.25) is 0 Å². The summed E-state index contributed by atoms with van der Waals surface area (Å²) >= 11 is 0. The van der Waals surface area contributed by atoms with Gasteiger partial charge in [-0.25, -0.2) is 0 Å². The lowest BCUT2D eigenvalue weighted by Gasteiger charge is -2.20. The van der Waals surface area contributed by atoms with Crippen LogP contribution in [0.15, 0.2) is 42.5 Å². The molecule has 1 aliphatic heterocycles. The molecule has 114 valence electrons. The summed E-state index contributed by atoms with van der Waals surface area (Å²) in [6.07, 6.45) is 2.61. The van der Waals surface area contributed by atoms with Crippen LogP contribution < -0.4 is 10.6 Å². The minimum absolute atomic E-state index is 0.0736. The van der Waals surface area contributed by atoms with Crippen LogP contribution in [0, 0.1) is 0 Å². The monoisotopic (exact) mass is 296 g/mol. The van der Waals surface area contributed by atoms with Gasteiger partial charge in [0.1, 0.15) is 0 Å². The highest BCUT2D eigenvalue weighted by molar-refractivity contribution is 6.06. The lowest BCUT2D eigenvalue weighted by atomic mass is 9.97. The molecular formula is C18H20N2O2. The highest BCUT2D eigenvalue weighted by atomic mass is 16.2. The Morgan fingerprint density at radius 2 is 2.00 bits per heavy atom. The Morgan fingerprint density at radius 3 is 2.77 bits per heavy atom. The first-order valence-corrected chi connectivity index (χ1v) is 7.65. The first-order valence-electron chi connectivity index (χ1n) is 7.65. The molecule has 2 aromatic rings. The van der Waals surface area contributed by atoms with E-state index < -0.39 is 0 Å². The second-order valence-electron chi connectivity index (χ2n) is 5.49. The molecule has 3 N–H and O–H groups in total. The molecule has 0 aliphatic carbocycles. The number of hydrogen-bond donors (Lipinski definition) is 3. The van der Waals surface area contributed by atoms with Crippen molar-refractivity contribution in [2.45, 2.75) is 19.3 Å². The summed E-state index contributed by atoms with van der Waals surface area (Å²) in [7, 11) is 0. The van der Waals surface area contributed by atoms with Gasteiger partial charge in [-0.3, -0.25) is 4.79 Å². The second kappa shape index (κ2) is 6.62. The number of carbonyl (C=O) groups excluding carboxylic acids is 1. The van der Waals surface area contributed by atoms with E-state index in [-0.39, 0.29) is 12.5 Å². The predicted molar refractivity (Wildman–Crippen MR) is 88.4 cm³/mol. The Balaban J connectivity index is 1.77. The number of amides is 1. The summed E-state index contributed by atoms with van der Waals surface area (Å²) in [5.74, 6) is -0.0736. The Labute approximate surface area is 130 Å². The summed E-state index contributed by atoms with van der Waals surface area (Å²) in [6, 6.07) is 13.4. The number of hydrogen-bond acceptors (Lipinski definition) is 3. The molecule has 0 spiro atoms. The van der Waals surface area contributed by atoms with Crippen molar-refractivity contribution < 1.29 is 9.90 Å². The van der Waals surface area contributed by atoms with Gasteiger partial charge in [0.05, 0.1) is 0 Å². The molecule has 4 nitrogen and oxygen atoms in total. The zero-order valence-electron chi connectivity index (χ0n) is 12.4. The Kier molecular flexibility index (Phi) is 4.39. The van der Waals surface area contributed by atoms with Crippen LogP contribution in [0.25, 0.3) is 0 Å². The third-order valence-electron chi connectivity index (χ3n) is 3.95. The SMILES string of the molecule is O=C(Nc1ccc(CCO)cc1)c1cccc2c1CCCN2. The van der Waals surface area contributed by atoms with E-state index in [1.165, 1.54) is 0 Å². The number of carbonyl (C=O) groups is 1. The van der Waals surface area contributed by atoms with E-state index >= 15 is 0 Å². The summed E-state index contributed by atoms with van der Waals surface area (Å²) < 4.78 is 0. The molecule has 0 radical (unpaired) electrons. The topological polar surface area (TPSA) is 61.4 Å². The van der Waals surface area contributed by atoms with E-state index in [4.69, 9.17) is 5.11 Å². The van der Waals surface area contributed by atoms with Gasteiger partial charge >= 0.3 is 0 Å². The van der Waals surface area contributed by atoms with Crippen molar-refractivity contribution in [2.24, 2.45) is 0 Å². The minimum Gasteiger partial charge on any atom is -0.396 e. The number of rotatable bonds is 4. The van der Waals surface area contributed by atoms with Crippen LogP contribution in [-0.2, 0) is 12.8 Å². The van der Waals surface area contributed by atoms with Crippen LogP contribution in [0.1, 0.15) is 27.9 Å². The molecule has 0 bridgehead atoms. The summed E-state index contributed by atoms with van der Waals surface area (Å²) in [4.78, 5) is 12.5. The largest absolute Gasteiger partial charge is 0.396 e. The van der Waals surface area contributed by atoms with E-state index in [1.807, 2.05) is 42.5 Å². The third kappa shape index (κ3) is 3.12. The zero-order valence-corrected chi connectivity index (χ0v) is 12.4. The summed E-state index contributed by atoms with van der Waals surface area (Å²) in [5.41, 5.74) is 4.74. The highest BCUT2D eigenvalue weighted by Crippen LogP contribution is 2.26. The van der Waals surface area contributed by atoms with Crippen LogP contribution >= 0.6 is 0 Å². The maximum absolute atomic E-state index is 12.5. The predicted octanol–water partition coefficient (Wildman–Crippen LogP) is 2.83. The fourth-order valence-corrected chi connectivity index (χ4v) is 2.81. The average Bonchev–Trinajstić information content (AvgIpc) is 2.56. The minimum atomic E-state index is -0.0736. The zero-order chi connectivity index (χ0) is 15.4. The Hall–Kier alpha value is -2.33. The van der Waals surface area contributed by atoms with Crippen molar-refractivity contribution in [1.29, 1.82) is 0 Å². The van der Waals surface area contributed by atoms with Crippen molar-refractivity contribution in [3.8, 4) is 0 Å². The molecule has 2 aromatic carbocycles. The number of benzene rings is 2. The molecule has 0 unspecified atom stereocenters. The number of fused-ring (bicyclic) bond motifs is 1. The van der Waals surface area contributed by atoms with Crippen molar-refractivity contribution in [2.75, 3.05) is 23.8 Å². The molecule has 22 heavy (non-hydrogen) atoms. The van der Waals surface area contributed by atoms with Crippen LogP contribution in [0.2, 0.25) is 0 Å². The lowest BCUT2D eigenvalue weighted by molar-refractivity contribution is 0.102. The van der Waals surface area contributed by atoms with E-state index in [0.717, 1.165) is 47.5 Å². The lowest BCUT2D eigenvalue weighted by Crippen LogP contribution is -2.19. The van der Waals surface area contributed by atoms with Crippen LogP contribution in [0.5, 0.6) is 0 Å². The summed E-state index contributed by atoms with van der Waals surface area (Å²) in [6.45, 7) is 1.10. The quantitative estimate of drug-likeness (QED) is 0.813. The number of aliphatic hydroxyl groups excluding tert-OH is 1. The molecule has 4 heteroatoms. The van der Waals surface area contributed by atoms with Gasteiger partial charge in [0.15, 0.2) is 0 Å². The van der Waals surface area contributed by atoms with E-state index in [9.17, 15) is 4.79 Å². The first-order chi connectivity index (χ1) is 10.8. The van der Waals surface area contributed by atoms with E-state index in [2.05, 4.69) is 10.6 Å². The normalized spacial score (nSPS) is 13.1. The number of anilines is 2. The smallest absolute Gasteiger partial charge is 0.256 e. The van der Waals surface area contributed by atoms with E-state index in [0.29, 0.717) is 6.42 Å². The van der Waals surface area contributed by atoms with E-state index in [1.54, 1.807) is 0 Å². The molecule has 0 aromatic heterocycles. The fourth-order valence-electron chi connectivity index (χ4n) is 2.81. The molecule has 1 amide bonds. The number of nitrogens with one attached hydrogen (secondary N) is 2. The molecule has 1 aliphatic rings. The van der Waals surface area contributed by atoms with Gasteiger partial charge in [0, 0.05) is 30.1 Å². The van der Waals surface area contributed by atoms with Crippen molar-refractivity contribution in [1.82, 2.24) is 0 Å². The maximum atomic E-state index is 12.5. The molecule has 0 saturated heterocycles. The van der Waals surface area contributed by atoms with Crippen molar-refractivity contribution >= 4 is 17.3 Å². The first kappa shape index (κ1) is 14.6. The standard InChI is InChI=1S/C18H20N2O2/c21-12-10-13-6-8-14(9-7-13)20-18(22)16-3-1-5-17-15(16)4-2-11-19-17/h1,3,5-9,19,21H,2,4,10-12H2,(H,20,22). The molecule has 0 saturated carbocycles. The van der Waals surface area contributed by atoms with Gasteiger partial charge in [-0.05, 0) is 54.7 Å². The average molecular weight is 296 g/mol. The molecule has 0 fully saturated rings. The molecular weight excluding hydrogens is 276 g/mol. The Morgan fingerprint density at radius 1 is 1.18 bits per heavy atom.